The van der Waals surface area contributed by atoms with Crippen molar-refractivity contribution in [2.24, 2.45) is 0 Å². The van der Waals surface area contributed by atoms with Gasteiger partial charge < -0.3 is 14.2 Å². The van der Waals surface area contributed by atoms with Crippen LogP contribution in [0.2, 0.25) is 0 Å². The summed E-state index contributed by atoms with van der Waals surface area (Å²) in [7, 11) is -3.90. The Balaban J connectivity index is 1.76. The molecule has 3 aromatic rings. The van der Waals surface area contributed by atoms with Gasteiger partial charge >= 0.3 is 7.82 Å². The number of hydrogen-bond donors (Lipinski definition) is 1. The van der Waals surface area contributed by atoms with Crippen LogP contribution in [-0.4, -0.2) is 5.11 Å². The largest absolute Gasteiger partial charge is 0.587 e. The molecule has 0 bridgehead atoms. The molecule has 0 amide bonds. The van der Waals surface area contributed by atoms with Gasteiger partial charge in [-0.3, -0.25) is 4.52 Å². The fourth-order valence-corrected chi connectivity index (χ4v) is 3.40. The number of hydrogen-bond acceptors (Lipinski definition) is 5. The first-order chi connectivity index (χ1) is 12.7. The van der Waals surface area contributed by atoms with E-state index < -0.39 is 7.82 Å². The van der Waals surface area contributed by atoms with Crippen molar-refractivity contribution < 1.29 is 23.2 Å². The second kappa shape index (κ2) is 8.68. The smallest absolute Gasteiger partial charge is 0.395 e. The van der Waals surface area contributed by atoms with E-state index in [0.717, 1.165) is 11.1 Å². The minimum Gasteiger partial charge on any atom is -0.395 e. The third-order valence-electron chi connectivity index (χ3n) is 3.52. The van der Waals surface area contributed by atoms with Crippen molar-refractivity contribution in [2.75, 3.05) is 0 Å². The molecule has 0 atom stereocenters. The fourth-order valence-electron chi connectivity index (χ4n) is 2.19. The van der Waals surface area contributed by atoms with E-state index in [0.29, 0.717) is 11.5 Å². The van der Waals surface area contributed by atoms with Gasteiger partial charge in [0.2, 0.25) is 0 Å². The minimum absolute atomic E-state index is 0.0339. The quantitative estimate of drug-likeness (QED) is 0.568. The summed E-state index contributed by atoms with van der Waals surface area (Å²) in [5.74, 6) is 0.782. The highest BCUT2D eigenvalue weighted by Crippen LogP contribution is 2.50. The monoisotopic (exact) mass is 370 g/mol. The SMILES string of the molecule is O=P(OCc1ccc(CO)cc1)(Oc1ccccc1)Oc1ccccc1. The molecule has 26 heavy (non-hydrogen) atoms. The Hall–Kier alpha value is -2.59. The lowest BCUT2D eigenvalue weighted by Crippen LogP contribution is -2.05. The van der Waals surface area contributed by atoms with E-state index >= 15 is 0 Å². The van der Waals surface area contributed by atoms with Crippen molar-refractivity contribution in [3.8, 4) is 11.5 Å². The van der Waals surface area contributed by atoms with Crippen LogP contribution in [0.15, 0.2) is 84.9 Å². The maximum atomic E-state index is 13.1. The average Bonchev–Trinajstić information content (AvgIpc) is 2.68. The molecular weight excluding hydrogens is 351 g/mol. The molecule has 1 N–H and O–H groups in total. The number of rotatable bonds is 8. The summed E-state index contributed by atoms with van der Waals surface area (Å²) in [5, 5.41) is 9.10. The molecule has 6 heteroatoms. The van der Waals surface area contributed by atoms with E-state index in [1.807, 2.05) is 12.1 Å². The van der Waals surface area contributed by atoms with E-state index in [1.165, 1.54) is 0 Å². The minimum atomic E-state index is -3.90. The van der Waals surface area contributed by atoms with Gasteiger partial charge in [-0.2, -0.15) is 0 Å². The van der Waals surface area contributed by atoms with Gasteiger partial charge in [0.05, 0.1) is 13.2 Å². The Morgan fingerprint density at radius 2 is 1.15 bits per heavy atom. The summed E-state index contributed by atoms with van der Waals surface area (Å²) in [6.45, 7) is 0.0104. The van der Waals surface area contributed by atoms with Crippen LogP contribution in [0, 0.1) is 0 Å². The molecule has 0 aromatic heterocycles. The van der Waals surface area contributed by atoms with Crippen molar-refractivity contribution in [2.45, 2.75) is 13.2 Å². The first-order valence-electron chi connectivity index (χ1n) is 8.09. The maximum Gasteiger partial charge on any atom is 0.587 e. The normalized spacial score (nSPS) is 11.1. The highest BCUT2D eigenvalue weighted by atomic mass is 31.2. The molecule has 0 radical (unpaired) electrons. The number of phosphoric ester groups is 1. The van der Waals surface area contributed by atoms with Crippen molar-refractivity contribution >= 4 is 7.82 Å². The lowest BCUT2D eigenvalue weighted by molar-refractivity contribution is 0.201. The number of para-hydroxylation sites is 2. The molecule has 3 aromatic carbocycles. The second-order valence-corrected chi connectivity index (χ2v) is 7.02. The Morgan fingerprint density at radius 3 is 1.62 bits per heavy atom. The van der Waals surface area contributed by atoms with Crippen molar-refractivity contribution in [1.82, 2.24) is 0 Å². The molecule has 0 spiro atoms. The van der Waals surface area contributed by atoms with Crippen LogP contribution >= 0.6 is 7.82 Å². The predicted molar refractivity (Wildman–Crippen MR) is 98.9 cm³/mol. The third kappa shape index (κ3) is 5.20. The summed E-state index contributed by atoms with van der Waals surface area (Å²) in [4.78, 5) is 0. The predicted octanol–water partition coefficient (Wildman–Crippen LogP) is 4.96. The van der Waals surface area contributed by atoms with Crippen molar-refractivity contribution in [3.05, 3.63) is 96.1 Å². The molecule has 5 nitrogen and oxygen atoms in total. The van der Waals surface area contributed by atoms with Crippen LogP contribution in [0.3, 0.4) is 0 Å². The molecule has 0 saturated carbocycles. The maximum absolute atomic E-state index is 13.1. The van der Waals surface area contributed by atoms with Gasteiger partial charge in [-0.05, 0) is 35.4 Å². The van der Waals surface area contributed by atoms with E-state index in [9.17, 15) is 4.57 Å². The van der Waals surface area contributed by atoms with Gasteiger partial charge in [0.1, 0.15) is 11.5 Å². The fraction of sp³-hybridized carbons (Fsp3) is 0.100. The van der Waals surface area contributed by atoms with Gasteiger partial charge in [-0.1, -0.05) is 60.7 Å². The van der Waals surface area contributed by atoms with Crippen LogP contribution in [0.25, 0.3) is 0 Å². The van der Waals surface area contributed by atoms with Crippen molar-refractivity contribution in [1.29, 1.82) is 0 Å². The zero-order valence-corrected chi connectivity index (χ0v) is 14.9. The lowest BCUT2D eigenvalue weighted by Gasteiger charge is -2.19. The summed E-state index contributed by atoms with van der Waals surface area (Å²) in [6, 6.07) is 24.6. The molecule has 0 heterocycles. The lowest BCUT2D eigenvalue weighted by atomic mass is 10.1. The first kappa shape index (κ1) is 18.2. The summed E-state index contributed by atoms with van der Waals surface area (Å²) < 4.78 is 29.8. The molecule has 0 aliphatic carbocycles. The molecule has 0 fully saturated rings. The van der Waals surface area contributed by atoms with Crippen LogP contribution in [-0.2, 0) is 22.3 Å². The molecule has 134 valence electrons. The Kier molecular flexibility index (Phi) is 6.08. The summed E-state index contributed by atoms with van der Waals surface area (Å²) in [5.41, 5.74) is 1.58. The molecule has 0 unspecified atom stereocenters. The standard InChI is InChI=1S/C20H19O5P/c21-15-17-11-13-18(14-12-17)16-23-26(22,24-19-7-3-1-4-8-19)25-20-9-5-2-6-10-20/h1-14,21H,15-16H2. The molecule has 0 aliphatic heterocycles. The van der Waals surface area contributed by atoms with Crippen LogP contribution in [0.4, 0.5) is 0 Å². The van der Waals surface area contributed by atoms with Gasteiger partial charge in [-0.25, -0.2) is 4.57 Å². The van der Waals surface area contributed by atoms with Gasteiger partial charge in [0, 0.05) is 0 Å². The van der Waals surface area contributed by atoms with Crippen LogP contribution in [0.5, 0.6) is 11.5 Å². The topological polar surface area (TPSA) is 65.0 Å². The Labute approximate surface area is 152 Å². The zero-order valence-electron chi connectivity index (χ0n) is 14.0. The van der Waals surface area contributed by atoms with E-state index in [2.05, 4.69) is 0 Å². The zero-order chi connectivity index (χ0) is 18.2. The van der Waals surface area contributed by atoms with E-state index in [4.69, 9.17) is 18.7 Å². The van der Waals surface area contributed by atoms with Gasteiger partial charge in [0.15, 0.2) is 0 Å². The number of aliphatic hydroxyl groups is 1. The third-order valence-corrected chi connectivity index (χ3v) is 4.83. The number of benzene rings is 3. The van der Waals surface area contributed by atoms with Gasteiger partial charge in [-0.15, -0.1) is 0 Å². The second-order valence-electron chi connectivity index (χ2n) is 5.50. The van der Waals surface area contributed by atoms with Crippen LogP contribution < -0.4 is 9.05 Å². The number of phosphoric acid groups is 1. The van der Waals surface area contributed by atoms with E-state index in [-0.39, 0.29) is 13.2 Å². The van der Waals surface area contributed by atoms with Crippen LogP contribution in [0.1, 0.15) is 11.1 Å². The molecule has 0 saturated heterocycles. The first-order valence-corrected chi connectivity index (χ1v) is 9.55. The highest BCUT2D eigenvalue weighted by Gasteiger charge is 2.31. The summed E-state index contributed by atoms with van der Waals surface area (Å²) in [6.07, 6.45) is 0. The highest BCUT2D eigenvalue weighted by molar-refractivity contribution is 7.49. The molecule has 3 rings (SSSR count). The van der Waals surface area contributed by atoms with Crippen molar-refractivity contribution in [3.63, 3.8) is 0 Å². The summed E-state index contributed by atoms with van der Waals surface area (Å²) >= 11 is 0. The molecular formula is C20H19O5P. The average molecular weight is 370 g/mol. The van der Waals surface area contributed by atoms with Gasteiger partial charge in [0.25, 0.3) is 0 Å². The molecule has 0 aliphatic rings. The Morgan fingerprint density at radius 1 is 0.692 bits per heavy atom. The number of aliphatic hydroxyl groups excluding tert-OH is 1. The van der Waals surface area contributed by atoms with E-state index in [1.54, 1.807) is 72.8 Å². The Bertz CT molecular complexity index is 805.